The Labute approximate surface area is 128 Å². The summed E-state index contributed by atoms with van der Waals surface area (Å²) in [5, 5.41) is 13.4. The smallest absolute Gasteiger partial charge is 0.328 e. The fourth-order valence-electron chi connectivity index (χ4n) is 2.23. The molecule has 0 spiro atoms. The summed E-state index contributed by atoms with van der Waals surface area (Å²) in [6.07, 6.45) is 2.03. The zero-order chi connectivity index (χ0) is 14.8. The number of halogens is 2. The molecule has 0 aromatic heterocycles. The summed E-state index contributed by atoms with van der Waals surface area (Å²) >= 11 is 11.8. The second kappa shape index (κ2) is 6.31. The average Bonchev–Trinajstić information content (AvgIpc) is 2.92. The molecule has 20 heavy (non-hydrogen) atoms. The lowest BCUT2D eigenvalue weighted by Gasteiger charge is -2.28. The maximum atomic E-state index is 11.6. The number of hydrogen-bond acceptors (Lipinski definition) is 3. The minimum atomic E-state index is -1.22. The fraction of sp³-hybridized carbons (Fsp3) is 0.500. The first-order valence-electron chi connectivity index (χ1n) is 6.49. The van der Waals surface area contributed by atoms with Gasteiger partial charge in [0.05, 0.1) is 16.1 Å². The summed E-state index contributed by atoms with van der Waals surface area (Å²) in [6.45, 7) is 2.84. The normalized spacial score (nSPS) is 21.6. The monoisotopic (exact) mass is 317 g/mol. The van der Waals surface area contributed by atoms with Gasteiger partial charge in [0.2, 0.25) is 0 Å². The topological polar surface area (TPSA) is 58.6 Å². The van der Waals surface area contributed by atoms with Gasteiger partial charge >= 0.3 is 5.97 Å². The summed E-state index contributed by atoms with van der Waals surface area (Å²) in [7, 11) is 0. The van der Waals surface area contributed by atoms with Crippen molar-refractivity contribution in [3.05, 3.63) is 33.8 Å². The molecular formula is C14H17Cl2NO3. The second-order valence-corrected chi connectivity index (χ2v) is 5.89. The highest BCUT2D eigenvalue weighted by Crippen LogP contribution is 2.29. The standard InChI is InChI=1S/C14H17Cl2NO3/c1-14(13(18)19,17-8-10-3-2-6-20-10)9-4-5-11(15)12(16)7-9/h4-5,7,10,17H,2-3,6,8H2,1H3,(H,18,19). The van der Waals surface area contributed by atoms with Crippen LogP contribution < -0.4 is 5.32 Å². The molecule has 1 aliphatic heterocycles. The Balaban J connectivity index is 2.18. The van der Waals surface area contributed by atoms with Gasteiger partial charge in [0.1, 0.15) is 5.54 Å². The van der Waals surface area contributed by atoms with Gasteiger partial charge in [0, 0.05) is 13.2 Å². The Hall–Kier alpha value is -0.810. The van der Waals surface area contributed by atoms with Crippen molar-refractivity contribution in [2.75, 3.05) is 13.2 Å². The lowest BCUT2D eigenvalue weighted by Crippen LogP contribution is -2.49. The van der Waals surface area contributed by atoms with Crippen molar-refractivity contribution in [1.29, 1.82) is 0 Å². The first-order valence-corrected chi connectivity index (χ1v) is 7.24. The summed E-state index contributed by atoms with van der Waals surface area (Å²) in [6, 6.07) is 4.86. The Kier molecular flexibility index (Phi) is 4.91. The Morgan fingerprint density at radius 2 is 2.25 bits per heavy atom. The summed E-state index contributed by atoms with van der Waals surface area (Å²) in [4.78, 5) is 11.6. The van der Waals surface area contributed by atoms with E-state index >= 15 is 0 Å². The molecule has 2 N–H and O–H groups in total. The molecule has 1 heterocycles. The number of nitrogens with one attached hydrogen (secondary N) is 1. The first-order chi connectivity index (χ1) is 9.43. The van der Waals surface area contributed by atoms with Crippen LogP contribution >= 0.6 is 23.2 Å². The van der Waals surface area contributed by atoms with Crippen LogP contribution in [0.4, 0.5) is 0 Å². The number of rotatable bonds is 5. The van der Waals surface area contributed by atoms with Gasteiger partial charge in [-0.2, -0.15) is 0 Å². The van der Waals surface area contributed by atoms with E-state index in [1.165, 1.54) is 0 Å². The van der Waals surface area contributed by atoms with E-state index < -0.39 is 11.5 Å². The molecular weight excluding hydrogens is 301 g/mol. The van der Waals surface area contributed by atoms with E-state index in [-0.39, 0.29) is 6.10 Å². The fourth-order valence-corrected chi connectivity index (χ4v) is 2.53. The lowest BCUT2D eigenvalue weighted by atomic mass is 9.91. The Morgan fingerprint density at radius 3 is 2.80 bits per heavy atom. The molecule has 2 atom stereocenters. The molecule has 1 saturated heterocycles. The maximum absolute atomic E-state index is 11.6. The predicted octanol–water partition coefficient (Wildman–Crippen LogP) is 3.06. The van der Waals surface area contributed by atoms with Crippen LogP contribution in [0.2, 0.25) is 10.0 Å². The summed E-state index contributed by atoms with van der Waals surface area (Å²) < 4.78 is 5.50. The second-order valence-electron chi connectivity index (χ2n) is 5.07. The maximum Gasteiger partial charge on any atom is 0.328 e. The third-order valence-corrected chi connectivity index (χ3v) is 4.37. The van der Waals surface area contributed by atoms with Gasteiger partial charge in [-0.1, -0.05) is 29.3 Å². The SMILES string of the molecule is CC(NCC1CCCO1)(C(=O)O)c1ccc(Cl)c(Cl)c1. The highest BCUT2D eigenvalue weighted by molar-refractivity contribution is 6.42. The molecule has 0 amide bonds. The van der Waals surface area contributed by atoms with Crippen LogP contribution in [0.15, 0.2) is 18.2 Å². The largest absolute Gasteiger partial charge is 0.480 e. The van der Waals surface area contributed by atoms with Gasteiger partial charge in [-0.05, 0) is 37.5 Å². The molecule has 0 aliphatic carbocycles. The van der Waals surface area contributed by atoms with Crippen LogP contribution in [-0.4, -0.2) is 30.3 Å². The van der Waals surface area contributed by atoms with Gasteiger partial charge < -0.3 is 9.84 Å². The molecule has 0 radical (unpaired) electrons. The van der Waals surface area contributed by atoms with Crippen LogP contribution in [0.3, 0.4) is 0 Å². The molecule has 6 heteroatoms. The average molecular weight is 318 g/mol. The van der Waals surface area contributed by atoms with Crippen molar-refractivity contribution in [1.82, 2.24) is 5.32 Å². The quantitative estimate of drug-likeness (QED) is 0.876. The number of benzene rings is 1. The van der Waals surface area contributed by atoms with Crippen LogP contribution in [0.5, 0.6) is 0 Å². The third-order valence-electron chi connectivity index (χ3n) is 3.63. The number of aliphatic carboxylic acids is 1. The number of carboxylic acids is 1. The Morgan fingerprint density at radius 1 is 1.50 bits per heavy atom. The van der Waals surface area contributed by atoms with Crippen molar-refractivity contribution in [2.24, 2.45) is 0 Å². The number of carbonyl (C=O) groups is 1. The lowest BCUT2D eigenvalue weighted by molar-refractivity contribution is -0.144. The van der Waals surface area contributed by atoms with E-state index in [2.05, 4.69) is 5.32 Å². The van der Waals surface area contributed by atoms with E-state index in [4.69, 9.17) is 27.9 Å². The van der Waals surface area contributed by atoms with Crippen molar-refractivity contribution in [2.45, 2.75) is 31.4 Å². The zero-order valence-corrected chi connectivity index (χ0v) is 12.7. The Bertz CT molecular complexity index is 503. The summed E-state index contributed by atoms with van der Waals surface area (Å²) in [5.41, 5.74) is -0.655. The highest BCUT2D eigenvalue weighted by Gasteiger charge is 2.36. The number of carboxylic acid groups (broad SMARTS) is 1. The number of ether oxygens (including phenoxy) is 1. The van der Waals surface area contributed by atoms with E-state index in [1.54, 1.807) is 25.1 Å². The molecule has 2 unspecified atom stereocenters. The molecule has 1 fully saturated rings. The minimum absolute atomic E-state index is 0.0662. The van der Waals surface area contributed by atoms with Gasteiger partial charge in [0.15, 0.2) is 0 Å². The van der Waals surface area contributed by atoms with E-state index in [0.717, 1.165) is 19.4 Å². The molecule has 1 aromatic rings. The van der Waals surface area contributed by atoms with Crippen LogP contribution in [0, 0.1) is 0 Å². The van der Waals surface area contributed by atoms with Gasteiger partial charge in [0.25, 0.3) is 0 Å². The first kappa shape index (κ1) is 15.6. The molecule has 110 valence electrons. The van der Waals surface area contributed by atoms with Crippen molar-refractivity contribution < 1.29 is 14.6 Å². The van der Waals surface area contributed by atoms with Crippen molar-refractivity contribution in [3.8, 4) is 0 Å². The molecule has 1 aliphatic rings. The van der Waals surface area contributed by atoms with Gasteiger partial charge in [-0.25, -0.2) is 4.79 Å². The van der Waals surface area contributed by atoms with Gasteiger partial charge in [-0.15, -0.1) is 0 Å². The molecule has 1 aromatic carbocycles. The predicted molar refractivity (Wildman–Crippen MR) is 78.4 cm³/mol. The van der Waals surface area contributed by atoms with E-state index in [9.17, 15) is 9.90 Å². The van der Waals surface area contributed by atoms with Crippen LogP contribution in [0.1, 0.15) is 25.3 Å². The minimum Gasteiger partial charge on any atom is -0.480 e. The van der Waals surface area contributed by atoms with Gasteiger partial charge in [-0.3, -0.25) is 5.32 Å². The van der Waals surface area contributed by atoms with Crippen molar-refractivity contribution >= 4 is 29.2 Å². The highest BCUT2D eigenvalue weighted by atomic mass is 35.5. The molecule has 4 nitrogen and oxygen atoms in total. The molecule has 0 saturated carbocycles. The van der Waals surface area contributed by atoms with Crippen molar-refractivity contribution in [3.63, 3.8) is 0 Å². The van der Waals surface area contributed by atoms with E-state index in [1.807, 2.05) is 0 Å². The van der Waals surface area contributed by atoms with E-state index in [0.29, 0.717) is 22.2 Å². The van der Waals surface area contributed by atoms with Crippen LogP contribution in [-0.2, 0) is 15.1 Å². The molecule has 2 rings (SSSR count). The molecule has 0 bridgehead atoms. The van der Waals surface area contributed by atoms with Crippen LogP contribution in [0.25, 0.3) is 0 Å². The third kappa shape index (κ3) is 3.26. The summed E-state index contributed by atoms with van der Waals surface area (Å²) in [5.74, 6) is -0.964. The zero-order valence-electron chi connectivity index (χ0n) is 11.2. The number of hydrogen-bond donors (Lipinski definition) is 2.